The molecule has 102 valence electrons. The molecule has 0 aliphatic heterocycles. The van der Waals surface area contributed by atoms with Crippen LogP contribution >= 0.6 is 0 Å². The summed E-state index contributed by atoms with van der Waals surface area (Å²) >= 11 is 0. The van der Waals surface area contributed by atoms with Crippen LogP contribution in [0.2, 0.25) is 0 Å². The summed E-state index contributed by atoms with van der Waals surface area (Å²) in [5, 5.41) is 0. The Morgan fingerprint density at radius 2 is 1.61 bits per heavy atom. The van der Waals surface area contributed by atoms with E-state index in [4.69, 9.17) is 5.73 Å². The van der Waals surface area contributed by atoms with Crippen molar-refractivity contribution in [3.63, 3.8) is 0 Å². The van der Waals surface area contributed by atoms with Gasteiger partial charge in [-0.1, -0.05) is 12.1 Å². The van der Waals surface area contributed by atoms with Crippen molar-refractivity contribution in [2.24, 2.45) is 5.73 Å². The minimum Gasteiger partial charge on any atom is -0.360 e. The van der Waals surface area contributed by atoms with Crippen molar-refractivity contribution in [3.8, 4) is 0 Å². The Morgan fingerprint density at radius 1 is 1.11 bits per heavy atom. The lowest BCUT2D eigenvalue weighted by molar-refractivity contribution is -0.120. The van der Waals surface area contributed by atoms with Gasteiger partial charge in [-0.2, -0.15) is 13.2 Å². The van der Waals surface area contributed by atoms with Crippen molar-refractivity contribution < 1.29 is 13.2 Å². The van der Waals surface area contributed by atoms with Gasteiger partial charge in [-0.25, -0.2) is 0 Å². The molecule has 1 atom stereocenters. The number of nitrogens with two attached hydrogens (primary N) is 1. The lowest BCUT2D eigenvalue weighted by Crippen LogP contribution is -2.39. The van der Waals surface area contributed by atoms with Crippen LogP contribution in [-0.4, -0.2) is 18.8 Å². The Kier molecular flexibility index (Phi) is 4.62. The van der Waals surface area contributed by atoms with Crippen molar-refractivity contribution in [1.82, 2.24) is 0 Å². The van der Waals surface area contributed by atoms with Crippen LogP contribution < -0.4 is 10.6 Å². The molecule has 0 fully saturated rings. The lowest BCUT2D eigenvalue weighted by Gasteiger charge is -2.30. The number of hydrogen-bond acceptors (Lipinski definition) is 2. The zero-order valence-corrected chi connectivity index (χ0v) is 10.8. The maximum Gasteiger partial charge on any atom is 0.405 e. The molecule has 0 amide bonds. The average Bonchev–Trinajstić information content (AvgIpc) is 2.24. The SMILES string of the molecule is CC(C)N(CC(F)(F)F)c1ccc([C@@H](C)N)cc1. The van der Waals surface area contributed by atoms with Crippen LogP contribution in [0.15, 0.2) is 24.3 Å². The predicted molar refractivity (Wildman–Crippen MR) is 67.6 cm³/mol. The lowest BCUT2D eigenvalue weighted by atomic mass is 10.1. The summed E-state index contributed by atoms with van der Waals surface area (Å²) in [6.07, 6.45) is -4.20. The fourth-order valence-electron chi connectivity index (χ4n) is 1.73. The number of alkyl halides is 3. The van der Waals surface area contributed by atoms with Crippen LogP contribution in [0.25, 0.3) is 0 Å². The Bertz CT molecular complexity index is 369. The van der Waals surface area contributed by atoms with E-state index in [-0.39, 0.29) is 12.1 Å². The van der Waals surface area contributed by atoms with E-state index in [2.05, 4.69) is 0 Å². The average molecular weight is 260 g/mol. The standard InChI is InChI=1S/C13H19F3N2/c1-9(2)18(8-13(14,15)16)12-6-4-11(5-7-12)10(3)17/h4-7,9-10H,8,17H2,1-3H3/t10-/m1/s1. The van der Waals surface area contributed by atoms with Crippen LogP contribution in [0.5, 0.6) is 0 Å². The van der Waals surface area contributed by atoms with Crippen LogP contribution in [0.4, 0.5) is 18.9 Å². The molecule has 18 heavy (non-hydrogen) atoms. The van der Waals surface area contributed by atoms with Gasteiger partial charge in [-0.3, -0.25) is 0 Å². The maximum atomic E-state index is 12.5. The van der Waals surface area contributed by atoms with Gasteiger partial charge in [0.2, 0.25) is 0 Å². The molecule has 5 heteroatoms. The first-order chi connectivity index (χ1) is 8.20. The molecule has 0 saturated heterocycles. The zero-order valence-electron chi connectivity index (χ0n) is 10.8. The predicted octanol–water partition coefficient (Wildman–Crippen LogP) is 3.48. The van der Waals surface area contributed by atoms with E-state index >= 15 is 0 Å². The highest BCUT2D eigenvalue weighted by Crippen LogP contribution is 2.25. The summed E-state index contributed by atoms with van der Waals surface area (Å²) in [5.41, 5.74) is 7.18. The minimum atomic E-state index is -4.20. The van der Waals surface area contributed by atoms with Crippen LogP contribution in [0, 0.1) is 0 Å². The Morgan fingerprint density at radius 3 is 1.94 bits per heavy atom. The molecule has 2 nitrogen and oxygen atoms in total. The molecular formula is C13H19F3N2. The van der Waals surface area contributed by atoms with Gasteiger partial charge in [0.05, 0.1) is 0 Å². The first-order valence-electron chi connectivity index (χ1n) is 5.89. The van der Waals surface area contributed by atoms with E-state index in [9.17, 15) is 13.2 Å². The number of rotatable bonds is 4. The van der Waals surface area contributed by atoms with Crippen molar-refractivity contribution in [2.45, 2.75) is 39.0 Å². The summed E-state index contributed by atoms with van der Waals surface area (Å²) in [7, 11) is 0. The minimum absolute atomic E-state index is 0.117. The first-order valence-corrected chi connectivity index (χ1v) is 5.89. The second-order valence-electron chi connectivity index (χ2n) is 4.72. The van der Waals surface area contributed by atoms with Crippen LogP contribution in [-0.2, 0) is 0 Å². The van der Waals surface area contributed by atoms with Crippen LogP contribution in [0.3, 0.4) is 0 Å². The fraction of sp³-hybridized carbons (Fsp3) is 0.538. The van der Waals surface area contributed by atoms with E-state index in [0.29, 0.717) is 5.69 Å². The molecule has 0 aliphatic carbocycles. The summed E-state index contributed by atoms with van der Waals surface area (Å²) in [6.45, 7) is 4.38. The third kappa shape index (κ3) is 4.22. The molecule has 0 heterocycles. The summed E-state index contributed by atoms with van der Waals surface area (Å²) in [5.74, 6) is 0. The quantitative estimate of drug-likeness (QED) is 0.898. The topological polar surface area (TPSA) is 29.3 Å². The molecule has 0 aromatic heterocycles. The molecule has 0 radical (unpaired) electrons. The molecule has 1 aromatic rings. The molecule has 1 aromatic carbocycles. The summed E-state index contributed by atoms with van der Waals surface area (Å²) in [6, 6.07) is 6.58. The molecule has 1 rings (SSSR count). The molecular weight excluding hydrogens is 241 g/mol. The number of halogens is 3. The smallest absolute Gasteiger partial charge is 0.360 e. The largest absolute Gasteiger partial charge is 0.405 e. The van der Waals surface area contributed by atoms with E-state index in [1.165, 1.54) is 4.90 Å². The third-order valence-corrected chi connectivity index (χ3v) is 2.72. The van der Waals surface area contributed by atoms with E-state index in [1.807, 2.05) is 6.92 Å². The molecule has 0 spiro atoms. The van der Waals surface area contributed by atoms with Gasteiger partial charge in [0.1, 0.15) is 6.54 Å². The first kappa shape index (κ1) is 14.8. The molecule has 0 unspecified atom stereocenters. The van der Waals surface area contributed by atoms with Gasteiger partial charge in [0.15, 0.2) is 0 Å². The fourth-order valence-corrected chi connectivity index (χ4v) is 1.73. The van der Waals surface area contributed by atoms with Gasteiger partial charge in [0, 0.05) is 17.8 Å². The second-order valence-corrected chi connectivity index (χ2v) is 4.72. The molecule has 0 saturated carbocycles. The molecule has 0 aliphatic rings. The van der Waals surface area contributed by atoms with E-state index in [1.54, 1.807) is 38.1 Å². The van der Waals surface area contributed by atoms with Gasteiger partial charge in [-0.05, 0) is 38.5 Å². The number of benzene rings is 1. The molecule has 2 N–H and O–H groups in total. The Hall–Kier alpha value is -1.23. The summed E-state index contributed by atoms with van der Waals surface area (Å²) in [4.78, 5) is 1.32. The number of nitrogens with zero attached hydrogens (tertiary/aromatic N) is 1. The highest BCUT2D eigenvalue weighted by Gasteiger charge is 2.31. The monoisotopic (exact) mass is 260 g/mol. The Balaban J connectivity index is 2.93. The highest BCUT2D eigenvalue weighted by atomic mass is 19.4. The van der Waals surface area contributed by atoms with Gasteiger partial charge >= 0.3 is 6.18 Å². The van der Waals surface area contributed by atoms with E-state index < -0.39 is 12.7 Å². The van der Waals surface area contributed by atoms with Gasteiger partial charge in [-0.15, -0.1) is 0 Å². The van der Waals surface area contributed by atoms with E-state index in [0.717, 1.165) is 5.56 Å². The number of hydrogen-bond donors (Lipinski definition) is 1. The van der Waals surface area contributed by atoms with Crippen LogP contribution in [0.1, 0.15) is 32.4 Å². The highest BCUT2D eigenvalue weighted by molar-refractivity contribution is 5.49. The number of anilines is 1. The third-order valence-electron chi connectivity index (χ3n) is 2.72. The van der Waals surface area contributed by atoms with Crippen molar-refractivity contribution in [3.05, 3.63) is 29.8 Å². The second kappa shape index (κ2) is 5.61. The van der Waals surface area contributed by atoms with Gasteiger partial charge < -0.3 is 10.6 Å². The van der Waals surface area contributed by atoms with Crippen molar-refractivity contribution in [1.29, 1.82) is 0 Å². The van der Waals surface area contributed by atoms with Crippen molar-refractivity contribution in [2.75, 3.05) is 11.4 Å². The Labute approximate surface area is 106 Å². The normalized spacial score (nSPS) is 13.8. The summed E-state index contributed by atoms with van der Waals surface area (Å²) < 4.78 is 37.5. The van der Waals surface area contributed by atoms with Gasteiger partial charge in [0.25, 0.3) is 0 Å². The molecule has 0 bridgehead atoms. The van der Waals surface area contributed by atoms with Crippen molar-refractivity contribution >= 4 is 5.69 Å². The maximum absolute atomic E-state index is 12.5. The zero-order chi connectivity index (χ0) is 13.9.